The second kappa shape index (κ2) is 6.34. The molecule has 0 fully saturated rings. The van der Waals surface area contributed by atoms with Crippen LogP contribution in [0.1, 0.15) is 16.1 Å². The summed E-state index contributed by atoms with van der Waals surface area (Å²) in [6.07, 6.45) is 2.97. The lowest BCUT2D eigenvalue weighted by Crippen LogP contribution is -2.19. The second-order valence-electron chi connectivity index (χ2n) is 4.24. The number of aromatic nitrogens is 2. The number of carbonyl (C=O) groups is 1. The summed E-state index contributed by atoms with van der Waals surface area (Å²) in [5.41, 5.74) is 1.23. The molecule has 0 aliphatic rings. The van der Waals surface area contributed by atoms with Gasteiger partial charge in [-0.1, -0.05) is 23.7 Å². The predicted octanol–water partition coefficient (Wildman–Crippen LogP) is 2.55. The van der Waals surface area contributed by atoms with Crippen molar-refractivity contribution in [3.05, 3.63) is 52.9 Å². The molecule has 0 spiro atoms. The molecular formula is C14H14ClN3O2. The number of rotatable bonds is 4. The summed E-state index contributed by atoms with van der Waals surface area (Å²) in [7, 11) is 3.18. The molecule has 0 saturated heterocycles. The number of hydrogen-bond donors (Lipinski definition) is 0. The average molecular weight is 292 g/mol. The molecule has 0 amide bonds. The molecule has 0 aliphatic heterocycles. The maximum Gasteiger partial charge on any atom is 0.358 e. The topological polar surface area (TPSA) is 55.3 Å². The van der Waals surface area contributed by atoms with E-state index in [1.807, 2.05) is 36.2 Å². The summed E-state index contributed by atoms with van der Waals surface area (Å²) in [4.78, 5) is 21.5. The fraction of sp³-hybridized carbons (Fsp3) is 0.214. The molecule has 6 heteroatoms. The number of esters is 1. The van der Waals surface area contributed by atoms with Crippen LogP contribution in [-0.2, 0) is 11.3 Å². The average Bonchev–Trinajstić information content (AvgIpc) is 2.46. The Hall–Kier alpha value is -2.14. The smallest absolute Gasteiger partial charge is 0.358 e. The van der Waals surface area contributed by atoms with Gasteiger partial charge in [0, 0.05) is 18.6 Å². The molecule has 2 rings (SSSR count). The van der Waals surface area contributed by atoms with Crippen molar-refractivity contribution in [1.29, 1.82) is 0 Å². The zero-order valence-electron chi connectivity index (χ0n) is 11.2. The fourth-order valence-corrected chi connectivity index (χ4v) is 1.95. The third-order valence-electron chi connectivity index (χ3n) is 2.72. The number of halogens is 1. The number of methoxy groups -OCH3 is 1. The third kappa shape index (κ3) is 3.45. The largest absolute Gasteiger partial charge is 0.464 e. The first-order valence-electron chi connectivity index (χ1n) is 5.96. The number of nitrogens with zero attached hydrogens (tertiary/aromatic N) is 3. The van der Waals surface area contributed by atoms with Gasteiger partial charge in [0.1, 0.15) is 5.82 Å². The molecule has 0 bridgehead atoms. The van der Waals surface area contributed by atoms with Crippen molar-refractivity contribution in [2.45, 2.75) is 6.54 Å². The second-order valence-corrected chi connectivity index (χ2v) is 4.68. The molecular weight excluding hydrogens is 278 g/mol. The molecule has 0 saturated carbocycles. The Morgan fingerprint density at radius 3 is 2.90 bits per heavy atom. The van der Waals surface area contributed by atoms with Gasteiger partial charge < -0.3 is 9.64 Å². The Morgan fingerprint density at radius 2 is 2.20 bits per heavy atom. The van der Waals surface area contributed by atoms with Gasteiger partial charge in [0.25, 0.3) is 0 Å². The molecule has 1 aromatic carbocycles. The fourth-order valence-electron chi connectivity index (χ4n) is 1.73. The van der Waals surface area contributed by atoms with Gasteiger partial charge in [-0.05, 0) is 17.7 Å². The van der Waals surface area contributed by atoms with E-state index < -0.39 is 5.97 Å². The van der Waals surface area contributed by atoms with Crippen molar-refractivity contribution in [3.8, 4) is 0 Å². The molecule has 5 nitrogen and oxygen atoms in total. The third-order valence-corrected chi connectivity index (χ3v) is 2.95. The van der Waals surface area contributed by atoms with Gasteiger partial charge in [-0.15, -0.1) is 0 Å². The minimum Gasteiger partial charge on any atom is -0.464 e. The van der Waals surface area contributed by atoms with E-state index in [1.54, 1.807) is 6.20 Å². The first-order valence-corrected chi connectivity index (χ1v) is 6.34. The van der Waals surface area contributed by atoms with Crippen LogP contribution in [0.3, 0.4) is 0 Å². The van der Waals surface area contributed by atoms with Crippen LogP contribution in [0, 0.1) is 0 Å². The van der Waals surface area contributed by atoms with Gasteiger partial charge in [-0.2, -0.15) is 0 Å². The molecule has 0 radical (unpaired) electrons. The first-order chi connectivity index (χ1) is 9.60. The van der Waals surface area contributed by atoms with Gasteiger partial charge in [-0.25, -0.2) is 9.78 Å². The lowest BCUT2D eigenvalue weighted by Gasteiger charge is -2.18. The van der Waals surface area contributed by atoms with Gasteiger partial charge >= 0.3 is 5.97 Å². The van der Waals surface area contributed by atoms with Crippen molar-refractivity contribution in [3.63, 3.8) is 0 Å². The number of anilines is 1. The standard InChI is InChI=1S/C14H14ClN3O2/c1-18(9-10-4-3-5-11(15)6-10)13-8-16-7-12(17-13)14(19)20-2/h3-8H,9H2,1-2H3. The normalized spacial score (nSPS) is 10.2. The predicted molar refractivity (Wildman–Crippen MR) is 76.9 cm³/mol. The molecule has 1 aromatic heterocycles. The highest BCUT2D eigenvalue weighted by molar-refractivity contribution is 6.30. The van der Waals surface area contributed by atoms with Gasteiger partial charge in [0.2, 0.25) is 0 Å². The van der Waals surface area contributed by atoms with E-state index >= 15 is 0 Å². The van der Waals surface area contributed by atoms with Crippen LogP contribution < -0.4 is 4.90 Å². The Bertz CT molecular complexity index is 619. The Morgan fingerprint density at radius 1 is 1.40 bits per heavy atom. The van der Waals surface area contributed by atoms with E-state index in [2.05, 4.69) is 14.7 Å². The Kier molecular flexibility index (Phi) is 4.53. The Balaban J connectivity index is 2.17. The summed E-state index contributed by atoms with van der Waals surface area (Å²) in [5.74, 6) is 0.0865. The monoisotopic (exact) mass is 291 g/mol. The van der Waals surface area contributed by atoms with E-state index in [-0.39, 0.29) is 5.69 Å². The summed E-state index contributed by atoms with van der Waals surface area (Å²) in [5, 5.41) is 0.685. The van der Waals surface area contributed by atoms with Crippen molar-refractivity contribution < 1.29 is 9.53 Å². The highest BCUT2D eigenvalue weighted by Gasteiger charge is 2.11. The van der Waals surface area contributed by atoms with E-state index in [0.29, 0.717) is 17.4 Å². The van der Waals surface area contributed by atoms with Crippen LogP contribution in [0.4, 0.5) is 5.82 Å². The summed E-state index contributed by atoms with van der Waals surface area (Å²) in [6.45, 7) is 0.611. The maximum atomic E-state index is 11.4. The van der Waals surface area contributed by atoms with E-state index in [9.17, 15) is 4.79 Å². The van der Waals surface area contributed by atoms with Crippen molar-refractivity contribution >= 4 is 23.4 Å². The van der Waals surface area contributed by atoms with Crippen LogP contribution >= 0.6 is 11.6 Å². The number of carbonyl (C=O) groups excluding carboxylic acids is 1. The van der Waals surface area contributed by atoms with Crippen LogP contribution in [0.15, 0.2) is 36.7 Å². The lowest BCUT2D eigenvalue weighted by molar-refractivity contribution is 0.0593. The molecule has 0 unspecified atom stereocenters. The van der Waals surface area contributed by atoms with Crippen LogP contribution in [0.25, 0.3) is 0 Å². The molecule has 2 aromatic rings. The highest BCUT2D eigenvalue weighted by atomic mass is 35.5. The van der Waals surface area contributed by atoms with E-state index in [0.717, 1.165) is 5.56 Å². The molecule has 20 heavy (non-hydrogen) atoms. The number of hydrogen-bond acceptors (Lipinski definition) is 5. The van der Waals surface area contributed by atoms with Gasteiger partial charge in [0.05, 0.1) is 19.5 Å². The van der Waals surface area contributed by atoms with Crippen molar-refractivity contribution in [2.24, 2.45) is 0 Å². The highest BCUT2D eigenvalue weighted by Crippen LogP contribution is 2.15. The van der Waals surface area contributed by atoms with Crippen molar-refractivity contribution in [2.75, 3.05) is 19.1 Å². The number of ether oxygens (including phenoxy) is 1. The van der Waals surface area contributed by atoms with Crippen molar-refractivity contribution in [1.82, 2.24) is 9.97 Å². The maximum absolute atomic E-state index is 11.4. The van der Waals surface area contributed by atoms with Crippen LogP contribution in [-0.4, -0.2) is 30.1 Å². The minimum atomic E-state index is -0.504. The molecule has 0 aliphatic carbocycles. The molecule has 104 valence electrons. The summed E-state index contributed by atoms with van der Waals surface area (Å²) < 4.78 is 4.63. The Labute approximate surface area is 122 Å². The van der Waals surface area contributed by atoms with Gasteiger partial charge in [-0.3, -0.25) is 4.98 Å². The molecule has 1 heterocycles. The minimum absolute atomic E-state index is 0.183. The SMILES string of the molecule is COC(=O)c1cncc(N(C)Cc2cccc(Cl)c2)n1. The number of benzene rings is 1. The molecule has 0 atom stereocenters. The summed E-state index contributed by atoms with van der Waals surface area (Å²) in [6, 6.07) is 7.57. The van der Waals surface area contributed by atoms with Gasteiger partial charge in [0.15, 0.2) is 5.69 Å². The quantitative estimate of drug-likeness (QED) is 0.810. The van der Waals surface area contributed by atoms with E-state index in [4.69, 9.17) is 11.6 Å². The summed E-state index contributed by atoms with van der Waals surface area (Å²) >= 11 is 5.95. The van der Waals surface area contributed by atoms with Crippen LogP contribution in [0.5, 0.6) is 0 Å². The first kappa shape index (κ1) is 14.3. The van der Waals surface area contributed by atoms with E-state index in [1.165, 1.54) is 13.3 Å². The lowest BCUT2D eigenvalue weighted by atomic mass is 10.2. The zero-order valence-corrected chi connectivity index (χ0v) is 12.0. The van der Waals surface area contributed by atoms with Crippen LogP contribution in [0.2, 0.25) is 5.02 Å². The molecule has 0 N–H and O–H groups in total. The zero-order chi connectivity index (χ0) is 14.5.